The van der Waals surface area contributed by atoms with E-state index in [0.717, 1.165) is 16.9 Å². The zero-order valence-electron chi connectivity index (χ0n) is 14.5. The molecule has 8 heteroatoms. The number of nitrogens with zero attached hydrogens (tertiary/aromatic N) is 2. The van der Waals surface area contributed by atoms with Crippen LogP contribution in [0.15, 0.2) is 36.5 Å². The second-order valence-electron chi connectivity index (χ2n) is 5.82. The highest BCUT2D eigenvalue weighted by molar-refractivity contribution is 7.17. The normalized spacial score (nSPS) is 10.3. The van der Waals surface area contributed by atoms with Crippen molar-refractivity contribution in [1.82, 2.24) is 4.98 Å². The minimum Gasteiger partial charge on any atom is -0.508 e. The number of carbonyl (C=O) groups is 1. The van der Waals surface area contributed by atoms with Crippen molar-refractivity contribution in [2.45, 2.75) is 13.8 Å². The third kappa shape index (κ3) is 3.88. The van der Waals surface area contributed by atoms with E-state index in [1.54, 1.807) is 31.2 Å². The number of halogens is 1. The molecule has 0 aliphatic rings. The molecule has 3 N–H and O–H groups in total. The fourth-order valence-electron chi connectivity index (χ4n) is 2.45. The Labute approximate surface area is 158 Å². The van der Waals surface area contributed by atoms with Gasteiger partial charge < -0.3 is 15.7 Å². The van der Waals surface area contributed by atoms with Gasteiger partial charge in [-0.25, -0.2) is 9.37 Å². The van der Waals surface area contributed by atoms with Crippen molar-refractivity contribution in [1.29, 1.82) is 5.26 Å². The van der Waals surface area contributed by atoms with E-state index in [4.69, 9.17) is 5.26 Å². The number of carbonyl (C=O) groups excluding carboxylic acids is 1. The molecule has 3 rings (SSSR count). The maximum atomic E-state index is 13.7. The molecule has 1 heterocycles. The Morgan fingerprint density at radius 2 is 2.07 bits per heavy atom. The number of benzene rings is 2. The van der Waals surface area contributed by atoms with Crippen LogP contribution in [-0.2, 0) is 0 Å². The zero-order chi connectivity index (χ0) is 19.6. The number of hydrogen-bond donors (Lipinski definition) is 3. The summed E-state index contributed by atoms with van der Waals surface area (Å²) < 4.78 is 13.7. The highest BCUT2D eigenvalue weighted by Crippen LogP contribution is 2.29. The number of hydrogen-bond acceptors (Lipinski definition) is 6. The van der Waals surface area contributed by atoms with Gasteiger partial charge in [-0.05, 0) is 43.7 Å². The van der Waals surface area contributed by atoms with Crippen LogP contribution < -0.4 is 10.6 Å². The Hall–Kier alpha value is -3.44. The summed E-state index contributed by atoms with van der Waals surface area (Å²) in [5.41, 5.74) is 2.34. The first-order valence-corrected chi connectivity index (χ1v) is 8.73. The molecular formula is C19H15FN4O2S. The van der Waals surface area contributed by atoms with Gasteiger partial charge in [0.1, 0.15) is 22.5 Å². The first-order valence-electron chi connectivity index (χ1n) is 7.92. The molecule has 27 heavy (non-hydrogen) atoms. The molecule has 0 saturated carbocycles. The highest BCUT2D eigenvalue weighted by atomic mass is 32.1. The average Bonchev–Trinajstić information content (AvgIpc) is 3.10. The molecule has 0 fully saturated rings. The van der Waals surface area contributed by atoms with Crippen molar-refractivity contribution in [3.63, 3.8) is 0 Å². The number of aryl methyl sites for hydroxylation is 1. The number of thiazole rings is 1. The van der Waals surface area contributed by atoms with Crippen LogP contribution in [0.5, 0.6) is 5.75 Å². The van der Waals surface area contributed by atoms with Gasteiger partial charge in [0.05, 0.1) is 17.4 Å². The second kappa shape index (κ2) is 7.43. The van der Waals surface area contributed by atoms with E-state index >= 15 is 0 Å². The molecule has 6 nitrogen and oxygen atoms in total. The monoisotopic (exact) mass is 382 g/mol. The van der Waals surface area contributed by atoms with Gasteiger partial charge >= 0.3 is 0 Å². The van der Waals surface area contributed by atoms with Crippen LogP contribution in [0.3, 0.4) is 0 Å². The summed E-state index contributed by atoms with van der Waals surface area (Å²) in [5.74, 6) is -0.888. The van der Waals surface area contributed by atoms with E-state index < -0.39 is 5.82 Å². The lowest BCUT2D eigenvalue weighted by Gasteiger charge is -2.11. The van der Waals surface area contributed by atoms with E-state index in [1.165, 1.54) is 18.3 Å². The van der Waals surface area contributed by atoms with Crippen LogP contribution in [0, 0.1) is 31.0 Å². The number of anilines is 3. The molecule has 0 radical (unpaired) electrons. The largest absolute Gasteiger partial charge is 0.508 e. The topological polar surface area (TPSA) is 98.0 Å². The summed E-state index contributed by atoms with van der Waals surface area (Å²) >= 11 is 1.10. The van der Waals surface area contributed by atoms with Crippen LogP contribution >= 0.6 is 11.3 Å². The predicted molar refractivity (Wildman–Crippen MR) is 102 cm³/mol. The van der Waals surface area contributed by atoms with E-state index in [0.29, 0.717) is 26.9 Å². The van der Waals surface area contributed by atoms with E-state index in [1.807, 2.05) is 6.92 Å². The lowest BCUT2D eigenvalue weighted by Crippen LogP contribution is -2.12. The van der Waals surface area contributed by atoms with Crippen LogP contribution in [0.2, 0.25) is 0 Å². The summed E-state index contributed by atoms with van der Waals surface area (Å²) in [6.45, 7) is 3.55. The molecule has 0 spiro atoms. The van der Waals surface area contributed by atoms with Gasteiger partial charge in [-0.15, -0.1) is 0 Å². The standard InChI is InChI=1S/C19H15FN4O2S/c1-10-3-6-15(25)11(2)17(10)24-18(26)16-9-22-19(27-16)23-13-5-4-12(8-21)14(20)7-13/h3-7,9,25H,1-2H3,(H,22,23)(H,24,26). The number of phenols is 1. The lowest BCUT2D eigenvalue weighted by molar-refractivity contribution is 0.103. The van der Waals surface area contributed by atoms with Crippen molar-refractivity contribution >= 4 is 33.8 Å². The van der Waals surface area contributed by atoms with E-state index in [9.17, 15) is 14.3 Å². The molecule has 1 aromatic heterocycles. The van der Waals surface area contributed by atoms with Gasteiger partial charge in [0.15, 0.2) is 5.13 Å². The maximum Gasteiger partial charge on any atom is 0.267 e. The number of nitrogens with one attached hydrogen (secondary N) is 2. The quantitative estimate of drug-likeness (QED) is 0.618. The fraction of sp³-hybridized carbons (Fsp3) is 0.105. The molecule has 0 aliphatic heterocycles. The van der Waals surface area contributed by atoms with Crippen LogP contribution in [0.4, 0.5) is 20.9 Å². The van der Waals surface area contributed by atoms with Crippen molar-refractivity contribution in [2.24, 2.45) is 0 Å². The Morgan fingerprint density at radius 3 is 2.78 bits per heavy atom. The van der Waals surface area contributed by atoms with Crippen LogP contribution in [0.1, 0.15) is 26.4 Å². The van der Waals surface area contributed by atoms with Crippen molar-refractivity contribution < 1.29 is 14.3 Å². The molecule has 3 aromatic rings. The van der Waals surface area contributed by atoms with Gasteiger partial charge in [-0.1, -0.05) is 17.4 Å². The molecule has 0 atom stereocenters. The minimum atomic E-state index is -0.633. The molecule has 0 unspecified atom stereocenters. The molecule has 136 valence electrons. The summed E-state index contributed by atoms with van der Waals surface area (Å²) in [5, 5.41) is 24.7. The minimum absolute atomic E-state index is 0.0448. The smallest absolute Gasteiger partial charge is 0.267 e. The number of amides is 1. The van der Waals surface area contributed by atoms with Gasteiger partial charge in [-0.2, -0.15) is 5.26 Å². The van der Waals surface area contributed by atoms with E-state index in [-0.39, 0.29) is 17.2 Å². The Kier molecular flexibility index (Phi) is 5.05. The third-order valence-corrected chi connectivity index (χ3v) is 4.87. The van der Waals surface area contributed by atoms with Crippen molar-refractivity contribution in [2.75, 3.05) is 10.6 Å². The highest BCUT2D eigenvalue weighted by Gasteiger charge is 2.15. The fourth-order valence-corrected chi connectivity index (χ4v) is 3.18. The molecule has 1 amide bonds. The average molecular weight is 382 g/mol. The third-order valence-electron chi connectivity index (χ3n) is 3.95. The van der Waals surface area contributed by atoms with Gasteiger partial charge in [-0.3, -0.25) is 4.79 Å². The number of aromatic nitrogens is 1. The lowest BCUT2D eigenvalue weighted by atomic mass is 10.1. The SMILES string of the molecule is Cc1ccc(O)c(C)c1NC(=O)c1cnc(Nc2ccc(C#N)c(F)c2)s1. The summed E-state index contributed by atoms with van der Waals surface area (Å²) in [6, 6.07) is 9.17. The Bertz CT molecular complexity index is 1070. The molecule has 0 saturated heterocycles. The first kappa shape index (κ1) is 18.4. The van der Waals surface area contributed by atoms with E-state index in [2.05, 4.69) is 15.6 Å². The predicted octanol–water partition coefficient (Wildman–Crippen LogP) is 4.47. The molecule has 0 aliphatic carbocycles. The van der Waals surface area contributed by atoms with Crippen LogP contribution in [-0.4, -0.2) is 16.0 Å². The summed E-state index contributed by atoms with van der Waals surface area (Å²) in [4.78, 5) is 17.0. The summed E-state index contributed by atoms with van der Waals surface area (Å²) in [7, 11) is 0. The van der Waals surface area contributed by atoms with Gasteiger partial charge in [0.2, 0.25) is 0 Å². The van der Waals surface area contributed by atoms with Crippen LogP contribution in [0.25, 0.3) is 0 Å². The zero-order valence-corrected chi connectivity index (χ0v) is 15.3. The summed E-state index contributed by atoms with van der Waals surface area (Å²) in [6.07, 6.45) is 1.41. The number of nitriles is 1. The number of rotatable bonds is 4. The van der Waals surface area contributed by atoms with Gasteiger partial charge in [0.25, 0.3) is 5.91 Å². The van der Waals surface area contributed by atoms with Crippen molar-refractivity contribution in [3.8, 4) is 11.8 Å². The molecular weight excluding hydrogens is 367 g/mol. The van der Waals surface area contributed by atoms with Gasteiger partial charge in [0, 0.05) is 11.3 Å². The number of aromatic hydroxyl groups is 1. The van der Waals surface area contributed by atoms with Crippen molar-refractivity contribution in [3.05, 3.63) is 63.9 Å². The molecule has 2 aromatic carbocycles. The molecule has 0 bridgehead atoms. The first-order chi connectivity index (χ1) is 12.9. The Morgan fingerprint density at radius 1 is 1.30 bits per heavy atom. The second-order valence-corrected chi connectivity index (χ2v) is 6.85. The maximum absolute atomic E-state index is 13.7. The number of phenolic OH excluding ortho intramolecular Hbond substituents is 1. The Balaban J connectivity index is 1.76.